The molecule has 0 bridgehead atoms. The lowest BCUT2D eigenvalue weighted by atomic mass is 10.2. The van der Waals surface area contributed by atoms with E-state index in [-0.39, 0.29) is 11.7 Å². The number of ether oxygens (including phenoxy) is 1. The van der Waals surface area contributed by atoms with Crippen LogP contribution in [0.5, 0.6) is 11.5 Å². The molecule has 0 aliphatic rings. The molecule has 1 N–H and O–H groups in total. The maximum Gasteiger partial charge on any atom is 0.223 e. The van der Waals surface area contributed by atoms with Crippen LogP contribution in [0, 0.1) is 0 Å². The fourth-order valence-electron chi connectivity index (χ4n) is 1.45. The topological polar surface area (TPSA) is 49.8 Å². The van der Waals surface area contributed by atoms with Crippen molar-refractivity contribution in [2.45, 2.75) is 13.0 Å². The molecule has 1 rings (SSSR count). The minimum atomic E-state index is -0.00737. The molecule has 4 nitrogen and oxygen atoms in total. The van der Waals surface area contributed by atoms with Crippen LogP contribution in [0.3, 0.4) is 0 Å². The number of carbonyl (C=O) groups is 1. The summed E-state index contributed by atoms with van der Waals surface area (Å²) in [4.78, 5) is 13.1. The fraction of sp³-hybridized carbons (Fsp3) is 0.417. The van der Waals surface area contributed by atoms with Crippen molar-refractivity contribution >= 4 is 17.5 Å². The highest BCUT2D eigenvalue weighted by Gasteiger charge is 2.10. The van der Waals surface area contributed by atoms with Crippen molar-refractivity contribution in [3.8, 4) is 11.5 Å². The van der Waals surface area contributed by atoms with Gasteiger partial charge in [0.2, 0.25) is 5.91 Å². The quantitative estimate of drug-likeness (QED) is 0.821. The van der Waals surface area contributed by atoms with E-state index in [9.17, 15) is 9.90 Å². The second kappa shape index (κ2) is 6.35. The van der Waals surface area contributed by atoms with Gasteiger partial charge < -0.3 is 14.7 Å². The van der Waals surface area contributed by atoms with Crippen LogP contribution in [0.25, 0.3) is 0 Å². The molecule has 0 saturated heterocycles. The van der Waals surface area contributed by atoms with Gasteiger partial charge in [-0.05, 0) is 17.7 Å². The van der Waals surface area contributed by atoms with Gasteiger partial charge in [-0.25, -0.2) is 0 Å². The van der Waals surface area contributed by atoms with Crippen molar-refractivity contribution in [3.05, 3.63) is 23.8 Å². The van der Waals surface area contributed by atoms with Crippen LogP contribution in [0.4, 0.5) is 0 Å². The molecule has 0 unspecified atom stereocenters. The summed E-state index contributed by atoms with van der Waals surface area (Å²) in [5, 5.41) is 9.44. The number of amides is 1. The third kappa shape index (κ3) is 3.82. The van der Waals surface area contributed by atoms with Gasteiger partial charge in [0.15, 0.2) is 11.5 Å². The number of benzene rings is 1. The highest BCUT2D eigenvalue weighted by molar-refractivity contribution is 6.18. The first kappa shape index (κ1) is 13.6. The molecule has 5 heteroatoms. The lowest BCUT2D eigenvalue weighted by Gasteiger charge is -2.17. The molecule has 0 fully saturated rings. The second-order valence-electron chi connectivity index (χ2n) is 3.69. The van der Waals surface area contributed by atoms with Crippen LogP contribution in [-0.4, -0.2) is 36.0 Å². The Labute approximate surface area is 106 Å². The maximum absolute atomic E-state index is 11.5. The van der Waals surface area contributed by atoms with Gasteiger partial charge in [0.1, 0.15) is 0 Å². The number of nitrogens with zero attached hydrogens (tertiary/aromatic N) is 1. The van der Waals surface area contributed by atoms with E-state index in [0.29, 0.717) is 24.6 Å². The third-order valence-electron chi connectivity index (χ3n) is 2.40. The molecule has 0 aliphatic carbocycles. The normalized spacial score (nSPS) is 10.1. The molecule has 0 aromatic heterocycles. The Hall–Kier alpha value is -1.42. The van der Waals surface area contributed by atoms with E-state index in [2.05, 4.69) is 0 Å². The van der Waals surface area contributed by atoms with Crippen molar-refractivity contribution in [2.24, 2.45) is 0 Å². The first-order chi connectivity index (χ1) is 8.08. The molecule has 94 valence electrons. The second-order valence-corrected chi connectivity index (χ2v) is 4.07. The zero-order valence-electron chi connectivity index (χ0n) is 9.94. The molecule has 1 amide bonds. The number of carbonyl (C=O) groups excluding carboxylic acids is 1. The number of hydrogen-bond donors (Lipinski definition) is 1. The Morgan fingerprint density at radius 1 is 1.53 bits per heavy atom. The lowest BCUT2D eigenvalue weighted by Crippen LogP contribution is -2.26. The molecule has 0 saturated carbocycles. The Bertz CT molecular complexity index is 395. The van der Waals surface area contributed by atoms with Gasteiger partial charge in [-0.1, -0.05) is 6.07 Å². The number of halogens is 1. The molecular formula is C12H16ClNO3. The van der Waals surface area contributed by atoms with Crippen LogP contribution < -0.4 is 4.74 Å². The fourth-order valence-corrected chi connectivity index (χ4v) is 1.62. The number of aromatic hydroxyl groups is 1. The SMILES string of the molecule is COc1cc(CN(C)C(=O)CCCl)ccc1O. The number of phenols is 1. The Morgan fingerprint density at radius 3 is 2.82 bits per heavy atom. The number of methoxy groups -OCH3 is 1. The number of rotatable bonds is 5. The minimum Gasteiger partial charge on any atom is -0.504 e. The first-order valence-corrected chi connectivity index (χ1v) is 5.77. The molecule has 1 aromatic carbocycles. The summed E-state index contributed by atoms with van der Waals surface area (Å²) >= 11 is 5.51. The molecule has 0 heterocycles. The third-order valence-corrected chi connectivity index (χ3v) is 2.59. The smallest absolute Gasteiger partial charge is 0.223 e. The van der Waals surface area contributed by atoms with E-state index >= 15 is 0 Å². The highest BCUT2D eigenvalue weighted by atomic mass is 35.5. The zero-order chi connectivity index (χ0) is 12.8. The molecule has 0 aliphatic heterocycles. The molecule has 17 heavy (non-hydrogen) atoms. The van der Waals surface area contributed by atoms with Crippen molar-refractivity contribution in [1.29, 1.82) is 0 Å². The van der Waals surface area contributed by atoms with E-state index in [4.69, 9.17) is 16.3 Å². The van der Waals surface area contributed by atoms with E-state index in [1.165, 1.54) is 7.11 Å². The predicted molar refractivity (Wildman–Crippen MR) is 66.5 cm³/mol. The summed E-state index contributed by atoms with van der Waals surface area (Å²) in [6, 6.07) is 5.01. The standard InChI is InChI=1S/C12H16ClNO3/c1-14(12(16)5-6-13)8-9-3-4-10(15)11(7-9)17-2/h3-4,7,15H,5-6,8H2,1-2H3. The average Bonchev–Trinajstić information content (AvgIpc) is 2.31. The Balaban J connectivity index is 2.71. The van der Waals surface area contributed by atoms with Crippen molar-refractivity contribution in [1.82, 2.24) is 4.90 Å². The summed E-state index contributed by atoms with van der Waals surface area (Å²) in [7, 11) is 3.20. The van der Waals surface area contributed by atoms with Gasteiger partial charge in [0.05, 0.1) is 7.11 Å². The van der Waals surface area contributed by atoms with Gasteiger partial charge in [0.25, 0.3) is 0 Å². The van der Waals surface area contributed by atoms with E-state index in [0.717, 1.165) is 5.56 Å². The van der Waals surface area contributed by atoms with E-state index < -0.39 is 0 Å². The number of alkyl halides is 1. The van der Waals surface area contributed by atoms with E-state index in [1.54, 1.807) is 30.1 Å². The average molecular weight is 258 g/mol. The molecule has 0 radical (unpaired) electrons. The minimum absolute atomic E-state index is 0.00737. The molecule has 0 spiro atoms. The van der Waals surface area contributed by atoms with E-state index in [1.807, 2.05) is 0 Å². The van der Waals surface area contributed by atoms with Gasteiger partial charge in [-0.3, -0.25) is 4.79 Å². The summed E-state index contributed by atoms with van der Waals surface area (Å²) in [6.45, 7) is 0.465. The van der Waals surface area contributed by atoms with Gasteiger partial charge in [-0.15, -0.1) is 11.6 Å². The zero-order valence-corrected chi connectivity index (χ0v) is 10.7. The monoisotopic (exact) mass is 257 g/mol. The van der Waals surface area contributed by atoms with Crippen LogP contribution in [0.1, 0.15) is 12.0 Å². The molecular weight excluding hydrogens is 242 g/mol. The van der Waals surface area contributed by atoms with Gasteiger partial charge in [0, 0.05) is 25.9 Å². The van der Waals surface area contributed by atoms with Crippen molar-refractivity contribution in [3.63, 3.8) is 0 Å². The van der Waals surface area contributed by atoms with Crippen LogP contribution in [0.15, 0.2) is 18.2 Å². The number of phenolic OH excluding ortho intramolecular Hbond substituents is 1. The maximum atomic E-state index is 11.5. The largest absolute Gasteiger partial charge is 0.504 e. The first-order valence-electron chi connectivity index (χ1n) is 5.24. The van der Waals surface area contributed by atoms with Crippen molar-refractivity contribution in [2.75, 3.05) is 20.0 Å². The summed E-state index contributed by atoms with van der Waals surface area (Å²) in [6.07, 6.45) is 0.327. The summed E-state index contributed by atoms with van der Waals surface area (Å²) < 4.78 is 5.00. The summed E-state index contributed by atoms with van der Waals surface area (Å²) in [5.41, 5.74) is 0.894. The Morgan fingerprint density at radius 2 is 2.24 bits per heavy atom. The molecule has 1 aromatic rings. The van der Waals surface area contributed by atoms with Crippen LogP contribution in [-0.2, 0) is 11.3 Å². The Kier molecular flexibility index (Phi) is 5.10. The van der Waals surface area contributed by atoms with Gasteiger partial charge in [-0.2, -0.15) is 0 Å². The van der Waals surface area contributed by atoms with Crippen molar-refractivity contribution < 1.29 is 14.6 Å². The predicted octanol–water partition coefficient (Wildman–Crippen LogP) is 1.99. The number of hydrogen-bond acceptors (Lipinski definition) is 3. The van der Waals surface area contributed by atoms with Gasteiger partial charge >= 0.3 is 0 Å². The summed E-state index contributed by atoms with van der Waals surface area (Å²) in [5.74, 6) is 0.806. The van der Waals surface area contributed by atoms with Crippen LogP contribution >= 0.6 is 11.6 Å². The molecule has 0 atom stereocenters. The highest BCUT2D eigenvalue weighted by Crippen LogP contribution is 2.26. The van der Waals surface area contributed by atoms with Crippen LogP contribution in [0.2, 0.25) is 0 Å². The lowest BCUT2D eigenvalue weighted by molar-refractivity contribution is -0.129.